The molecule has 6 nitrogen and oxygen atoms in total. The second kappa shape index (κ2) is 11.1. The van der Waals surface area contributed by atoms with E-state index in [1.54, 1.807) is 19.9 Å². The molecule has 0 fully saturated rings. The molecular formula is C24H40BrFN4O2S2Si. The summed E-state index contributed by atoms with van der Waals surface area (Å²) in [7, 11) is -5.27. The molecule has 35 heavy (non-hydrogen) atoms. The lowest BCUT2D eigenvalue weighted by Crippen LogP contribution is -2.57. The number of aromatic nitrogens is 1. The van der Waals surface area contributed by atoms with E-state index < -0.39 is 50.0 Å². The van der Waals surface area contributed by atoms with Gasteiger partial charge in [-0.3, -0.25) is 0 Å². The number of hydrogen-bond donors (Lipinski definition) is 1. The average Bonchev–Trinajstić information content (AvgIpc) is 2.78. The molecule has 11 heteroatoms. The quantitative estimate of drug-likeness (QED) is 0.227. The molecule has 0 amide bonds. The molecule has 1 aromatic rings. The number of nitrogens with one attached hydrogen (secondary N) is 1. The first-order chi connectivity index (χ1) is 16.1. The van der Waals surface area contributed by atoms with Gasteiger partial charge in [-0.1, -0.05) is 38.9 Å². The van der Waals surface area contributed by atoms with Crippen LogP contribution in [0.1, 0.15) is 73.9 Å². The lowest BCUT2D eigenvalue weighted by Gasteiger charge is -2.39. The highest BCUT2D eigenvalue weighted by Gasteiger charge is 2.49. The van der Waals surface area contributed by atoms with Crippen LogP contribution in [0, 0.1) is 17.1 Å². The maximum absolute atomic E-state index is 16.5. The summed E-state index contributed by atoms with van der Waals surface area (Å²) < 4.78 is 50.3. The summed E-state index contributed by atoms with van der Waals surface area (Å²) in [5, 5.41) is 10.6. The third-order valence-corrected chi connectivity index (χ3v) is 18.5. The van der Waals surface area contributed by atoms with Gasteiger partial charge in [0.15, 0.2) is 0 Å². The normalized spacial score (nSPS) is 25.9. The largest absolute Gasteiger partial charge is 0.598 e. The van der Waals surface area contributed by atoms with Crippen molar-refractivity contribution in [2.24, 2.45) is 4.36 Å². The minimum atomic E-state index is -3.12. The third-order valence-electron chi connectivity index (χ3n) is 7.46. The van der Waals surface area contributed by atoms with Gasteiger partial charge in [-0.05, 0) is 74.6 Å². The maximum Gasteiger partial charge on any atom is 0.146 e. The van der Waals surface area contributed by atoms with Crippen molar-refractivity contribution in [3.63, 3.8) is 0 Å². The van der Waals surface area contributed by atoms with E-state index in [9.17, 15) is 14.0 Å². The van der Waals surface area contributed by atoms with E-state index in [1.807, 2.05) is 20.8 Å². The van der Waals surface area contributed by atoms with Crippen LogP contribution in [0.15, 0.2) is 15.0 Å². The Hall–Kier alpha value is -0.513. The number of pyridine rings is 1. The Kier molecular flexibility index (Phi) is 9.72. The van der Waals surface area contributed by atoms with Crippen LogP contribution in [0.4, 0.5) is 4.39 Å². The van der Waals surface area contributed by atoms with Gasteiger partial charge in [0.1, 0.15) is 31.1 Å². The van der Waals surface area contributed by atoms with Crippen LogP contribution in [0.2, 0.25) is 18.1 Å². The number of nitrogens with zero attached hydrogens (tertiary/aromatic N) is 3. The smallest absolute Gasteiger partial charge is 0.146 e. The molecule has 4 atom stereocenters. The fraction of sp³-hybridized carbons (Fsp3) is 0.750. The molecule has 1 aliphatic heterocycles. The van der Waals surface area contributed by atoms with E-state index in [0.29, 0.717) is 29.2 Å². The molecule has 198 valence electrons. The van der Waals surface area contributed by atoms with E-state index in [-0.39, 0.29) is 11.4 Å². The summed E-state index contributed by atoms with van der Waals surface area (Å²) in [4.78, 5) is 4.54. The van der Waals surface area contributed by atoms with Gasteiger partial charge in [0.2, 0.25) is 0 Å². The Bertz CT molecular complexity index is 1090. The zero-order valence-electron chi connectivity index (χ0n) is 22.3. The molecule has 2 heterocycles. The predicted molar refractivity (Wildman–Crippen MR) is 151 cm³/mol. The SMILES string of the molecule is CC[Si](CC)(CC)c1cc(Br)nc([C@](C)(C[S@@]2(=O)=NCCC[C@]2(C)C#N)N[S@+]([O-])C(C)(C)C)c1F. The van der Waals surface area contributed by atoms with Crippen LogP contribution in [0.25, 0.3) is 0 Å². The van der Waals surface area contributed by atoms with E-state index in [4.69, 9.17) is 0 Å². The van der Waals surface area contributed by atoms with Crippen LogP contribution in [-0.2, 0) is 26.6 Å². The van der Waals surface area contributed by atoms with E-state index in [1.165, 1.54) is 0 Å². The highest BCUT2D eigenvalue weighted by molar-refractivity contribution is 9.10. The Morgan fingerprint density at radius 1 is 1.31 bits per heavy atom. The molecule has 0 aliphatic carbocycles. The summed E-state index contributed by atoms with van der Waals surface area (Å²) in [5.41, 5.74) is -1.30. The molecule has 1 N–H and O–H groups in total. The number of nitriles is 1. The summed E-state index contributed by atoms with van der Waals surface area (Å²) in [6.07, 6.45) is 1.12. The molecule has 0 radical (unpaired) electrons. The second-order valence-corrected chi connectivity index (χ2v) is 21.6. The van der Waals surface area contributed by atoms with Crippen molar-refractivity contribution in [3.05, 3.63) is 22.2 Å². The zero-order valence-corrected chi connectivity index (χ0v) is 26.5. The first-order valence-electron chi connectivity index (χ1n) is 12.2. The Morgan fingerprint density at radius 3 is 2.37 bits per heavy atom. The van der Waals surface area contributed by atoms with Gasteiger partial charge in [-0.25, -0.2) is 17.9 Å². The number of rotatable bonds is 9. The Morgan fingerprint density at radius 2 is 1.89 bits per heavy atom. The van der Waals surface area contributed by atoms with Crippen molar-refractivity contribution < 1.29 is 13.2 Å². The topological polar surface area (TPSA) is 101 Å². The van der Waals surface area contributed by atoms with Gasteiger partial charge in [0.25, 0.3) is 0 Å². The van der Waals surface area contributed by atoms with E-state index in [0.717, 1.165) is 18.1 Å². The highest BCUT2D eigenvalue weighted by atomic mass is 79.9. The van der Waals surface area contributed by atoms with Gasteiger partial charge in [-0.2, -0.15) is 5.26 Å². The fourth-order valence-corrected chi connectivity index (χ4v) is 12.7. The van der Waals surface area contributed by atoms with Crippen molar-refractivity contribution in [1.29, 1.82) is 5.26 Å². The van der Waals surface area contributed by atoms with Gasteiger partial charge >= 0.3 is 0 Å². The number of hydrogen-bond acceptors (Lipinski definition) is 6. The first kappa shape index (κ1) is 30.7. The van der Waals surface area contributed by atoms with E-state index >= 15 is 4.39 Å². The Balaban J connectivity index is 2.84. The zero-order chi connectivity index (χ0) is 26.9. The lowest BCUT2D eigenvalue weighted by molar-refractivity contribution is 0.422. The Labute approximate surface area is 223 Å². The standard InChI is InChI=1S/C24H40BrFN4O2S2Si/c1-9-35(10-2,11-3)18-15-19(25)29-21(20(18)26)24(8,30-33(31)22(4,5)6)17-34(32)23(7,16-27)13-12-14-28-34/h15,30H,9-14,17H2,1-8H3/t23-,24+,33-,34+/m1/s1. The molecule has 0 saturated heterocycles. The van der Waals surface area contributed by atoms with Crippen LogP contribution < -0.4 is 9.91 Å². The minimum Gasteiger partial charge on any atom is -0.598 e. The monoisotopic (exact) mass is 606 g/mol. The maximum atomic E-state index is 16.5. The van der Waals surface area contributed by atoms with Crippen molar-refractivity contribution in [3.8, 4) is 6.07 Å². The predicted octanol–water partition coefficient (Wildman–Crippen LogP) is 5.51. The van der Waals surface area contributed by atoms with Gasteiger partial charge in [-0.15, -0.1) is 4.72 Å². The van der Waals surface area contributed by atoms with Crippen LogP contribution in [0.5, 0.6) is 0 Å². The first-order valence-corrected chi connectivity index (χ1v) is 18.5. The summed E-state index contributed by atoms with van der Waals surface area (Å²) in [5.74, 6) is -0.589. The van der Waals surface area contributed by atoms with Crippen molar-refractivity contribution >= 4 is 50.3 Å². The van der Waals surface area contributed by atoms with Gasteiger partial charge in [0, 0.05) is 17.9 Å². The summed E-state index contributed by atoms with van der Waals surface area (Å²) in [6.45, 7) is 15.5. The number of halogens is 2. The van der Waals surface area contributed by atoms with E-state index in [2.05, 4.69) is 56.8 Å². The summed E-state index contributed by atoms with van der Waals surface area (Å²) in [6, 6.07) is 6.65. The highest BCUT2D eigenvalue weighted by Crippen LogP contribution is 2.37. The average molecular weight is 608 g/mol. The van der Waals surface area contributed by atoms with Gasteiger partial charge in [0.05, 0.1) is 29.6 Å². The molecule has 0 saturated carbocycles. The lowest BCUT2D eigenvalue weighted by atomic mass is 10.0. The molecule has 0 aromatic carbocycles. The third kappa shape index (κ3) is 5.98. The van der Waals surface area contributed by atoms with Crippen LogP contribution in [-0.4, -0.2) is 43.6 Å². The molecule has 0 bridgehead atoms. The van der Waals surface area contributed by atoms with Gasteiger partial charge < -0.3 is 4.55 Å². The fourth-order valence-electron chi connectivity index (χ4n) is 4.73. The van der Waals surface area contributed by atoms with Crippen molar-refractivity contribution in [2.45, 2.75) is 101 Å². The molecular weight excluding hydrogens is 567 g/mol. The molecule has 1 aliphatic rings. The molecule has 0 unspecified atom stereocenters. The van der Waals surface area contributed by atoms with Crippen LogP contribution in [0.3, 0.4) is 0 Å². The van der Waals surface area contributed by atoms with Crippen molar-refractivity contribution in [1.82, 2.24) is 9.71 Å². The molecule has 1 aromatic heterocycles. The van der Waals surface area contributed by atoms with Crippen LogP contribution >= 0.6 is 15.9 Å². The molecule has 2 rings (SSSR count). The minimum absolute atomic E-state index is 0.0792. The molecule has 0 spiro atoms. The summed E-state index contributed by atoms with van der Waals surface area (Å²) >= 11 is 1.88. The van der Waals surface area contributed by atoms with Crippen molar-refractivity contribution in [2.75, 3.05) is 12.3 Å². The second-order valence-electron chi connectivity index (χ2n) is 10.9.